The molecule has 0 spiro atoms. The number of thiocarbonyl (C=S) groups is 1. The van der Waals surface area contributed by atoms with Crippen LogP contribution in [0.1, 0.15) is 16.1 Å². The van der Waals surface area contributed by atoms with Gasteiger partial charge in [0.05, 0.1) is 6.26 Å². The molecule has 0 aliphatic heterocycles. The van der Waals surface area contributed by atoms with Gasteiger partial charge in [-0.25, -0.2) is 0 Å². The molecule has 0 aliphatic carbocycles. The lowest BCUT2D eigenvalue weighted by Crippen LogP contribution is -2.38. The van der Waals surface area contributed by atoms with Crippen molar-refractivity contribution in [2.45, 2.75) is 6.54 Å². The Balaban J connectivity index is 1.85. The number of hydrogen-bond donors (Lipinski definition) is 2. The van der Waals surface area contributed by atoms with Crippen molar-refractivity contribution in [2.75, 3.05) is 0 Å². The standard InChI is InChI=1S/C13H11ClN2O2S/c14-10-5-2-1-4-9(10)8-15-13(19)16-12(17)11-6-3-7-18-11/h1-7H,8H2,(H2,15,16,17,19). The van der Waals surface area contributed by atoms with Crippen LogP contribution in [0.3, 0.4) is 0 Å². The number of rotatable bonds is 3. The first-order chi connectivity index (χ1) is 9.16. The molecule has 2 rings (SSSR count). The normalized spacial score (nSPS) is 9.95. The maximum absolute atomic E-state index is 11.6. The summed E-state index contributed by atoms with van der Waals surface area (Å²) >= 11 is 11.0. The van der Waals surface area contributed by atoms with Gasteiger partial charge in [0.25, 0.3) is 5.91 Å². The summed E-state index contributed by atoms with van der Waals surface area (Å²) in [6.07, 6.45) is 1.43. The number of furan rings is 1. The van der Waals surface area contributed by atoms with Crippen LogP contribution in [-0.4, -0.2) is 11.0 Å². The molecule has 0 aliphatic rings. The third-order valence-corrected chi connectivity index (χ3v) is 2.98. The molecule has 0 bridgehead atoms. The average molecular weight is 295 g/mol. The highest BCUT2D eigenvalue weighted by Crippen LogP contribution is 2.14. The molecule has 0 saturated heterocycles. The fraction of sp³-hybridized carbons (Fsp3) is 0.0769. The van der Waals surface area contributed by atoms with Gasteiger partial charge in [0.1, 0.15) is 0 Å². The van der Waals surface area contributed by atoms with Gasteiger partial charge in [-0.05, 0) is 36.0 Å². The average Bonchev–Trinajstić information content (AvgIpc) is 2.91. The molecule has 1 aromatic heterocycles. The van der Waals surface area contributed by atoms with Gasteiger partial charge in [0, 0.05) is 11.6 Å². The quantitative estimate of drug-likeness (QED) is 0.855. The van der Waals surface area contributed by atoms with E-state index in [0.29, 0.717) is 11.6 Å². The van der Waals surface area contributed by atoms with Crippen LogP contribution in [0.15, 0.2) is 47.1 Å². The first-order valence-electron chi connectivity index (χ1n) is 5.53. The van der Waals surface area contributed by atoms with Gasteiger partial charge in [-0.15, -0.1) is 0 Å². The maximum Gasteiger partial charge on any atom is 0.293 e. The molecule has 0 fully saturated rings. The zero-order valence-corrected chi connectivity index (χ0v) is 11.4. The minimum absolute atomic E-state index is 0.210. The molecule has 6 heteroatoms. The predicted octanol–water partition coefficient (Wildman–Crippen LogP) is 2.74. The predicted molar refractivity (Wildman–Crippen MR) is 77.1 cm³/mol. The Labute approximate surface area is 120 Å². The molecule has 0 radical (unpaired) electrons. The fourth-order valence-corrected chi connectivity index (χ4v) is 1.80. The van der Waals surface area contributed by atoms with Crippen LogP contribution in [0.5, 0.6) is 0 Å². The number of amides is 1. The molecule has 4 nitrogen and oxygen atoms in total. The van der Waals surface area contributed by atoms with Gasteiger partial charge >= 0.3 is 0 Å². The maximum atomic E-state index is 11.6. The van der Waals surface area contributed by atoms with E-state index in [0.717, 1.165) is 5.56 Å². The van der Waals surface area contributed by atoms with Gasteiger partial charge in [-0.3, -0.25) is 10.1 Å². The summed E-state index contributed by atoms with van der Waals surface area (Å²) < 4.78 is 4.96. The Morgan fingerprint density at radius 3 is 2.74 bits per heavy atom. The van der Waals surface area contributed by atoms with Crippen molar-refractivity contribution in [1.29, 1.82) is 0 Å². The molecule has 0 atom stereocenters. The zero-order chi connectivity index (χ0) is 13.7. The van der Waals surface area contributed by atoms with Gasteiger partial charge in [0.15, 0.2) is 10.9 Å². The molecule has 1 aromatic carbocycles. The van der Waals surface area contributed by atoms with E-state index in [1.807, 2.05) is 18.2 Å². The highest BCUT2D eigenvalue weighted by atomic mass is 35.5. The molecular formula is C13H11ClN2O2S. The van der Waals surface area contributed by atoms with Crippen LogP contribution >= 0.6 is 23.8 Å². The number of carbonyl (C=O) groups is 1. The summed E-state index contributed by atoms with van der Waals surface area (Å²) in [6, 6.07) is 10.6. The Morgan fingerprint density at radius 2 is 2.05 bits per heavy atom. The second-order valence-electron chi connectivity index (χ2n) is 3.71. The third kappa shape index (κ3) is 3.81. The van der Waals surface area contributed by atoms with Gasteiger partial charge < -0.3 is 9.73 Å². The molecule has 98 valence electrons. The smallest absolute Gasteiger partial charge is 0.293 e. The SMILES string of the molecule is O=C(NC(=S)NCc1ccccc1Cl)c1ccco1. The second-order valence-corrected chi connectivity index (χ2v) is 4.52. The van der Waals surface area contributed by atoms with Crippen LogP contribution < -0.4 is 10.6 Å². The number of benzene rings is 1. The molecule has 2 aromatic rings. The number of nitrogens with one attached hydrogen (secondary N) is 2. The van der Waals surface area contributed by atoms with E-state index in [1.165, 1.54) is 6.26 Å². The lowest BCUT2D eigenvalue weighted by atomic mass is 10.2. The first kappa shape index (κ1) is 13.6. The summed E-state index contributed by atoms with van der Waals surface area (Å²) in [7, 11) is 0. The van der Waals surface area contributed by atoms with Crippen molar-refractivity contribution in [3.05, 3.63) is 59.0 Å². The third-order valence-electron chi connectivity index (χ3n) is 2.37. The first-order valence-corrected chi connectivity index (χ1v) is 6.31. The van der Waals surface area contributed by atoms with Crippen molar-refractivity contribution in [1.82, 2.24) is 10.6 Å². The minimum atomic E-state index is -0.387. The minimum Gasteiger partial charge on any atom is -0.459 e. The second kappa shape index (κ2) is 6.36. The topological polar surface area (TPSA) is 54.3 Å². The van der Waals surface area contributed by atoms with E-state index < -0.39 is 0 Å². The summed E-state index contributed by atoms with van der Waals surface area (Å²) in [5.41, 5.74) is 0.902. The molecular weight excluding hydrogens is 284 g/mol. The van der Waals surface area contributed by atoms with E-state index in [2.05, 4.69) is 10.6 Å². The Kier molecular flexibility index (Phi) is 4.54. The van der Waals surface area contributed by atoms with Gasteiger partial charge in [0.2, 0.25) is 0 Å². The van der Waals surface area contributed by atoms with E-state index >= 15 is 0 Å². The molecule has 1 heterocycles. The zero-order valence-electron chi connectivity index (χ0n) is 9.85. The van der Waals surface area contributed by atoms with Crippen molar-refractivity contribution in [2.24, 2.45) is 0 Å². The molecule has 2 N–H and O–H groups in total. The van der Waals surface area contributed by atoms with Crippen molar-refractivity contribution in [3.8, 4) is 0 Å². The molecule has 1 amide bonds. The van der Waals surface area contributed by atoms with Crippen LogP contribution in [0.4, 0.5) is 0 Å². The van der Waals surface area contributed by atoms with Crippen LogP contribution in [0, 0.1) is 0 Å². The highest BCUT2D eigenvalue weighted by molar-refractivity contribution is 7.80. The Hall–Kier alpha value is -1.85. The van der Waals surface area contributed by atoms with Crippen molar-refractivity contribution in [3.63, 3.8) is 0 Å². The molecule has 0 saturated carbocycles. The fourth-order valence-electron chi connectivity index (χ4n) is 1.43. The van der Waals surface area contributed by atoms with Crippen molar-refractivity contribution < 1.29 is 9.21 Å². The summed E-state index contributed by atoms with van der Waals surface area (Å²) in [6.45, 7) is 0.441. The Bertz CT molecular complexity index is 584. The molecule has 19 heavy (non-hydrogen) atoms. The van der Waals surface area contributed by atoms with E-state index in [4.69, 9.17) is 28.2 Å². The van der Waals surface area contributed by atoms with E-state index in [-0.39, 0.29) is 16.8 Å². The lowest BCUT2D eigenvalue weighted by molar-refractivity contribution is 0.0949. The van der Waals surface area contributed by atoms with Crippen LogP contribution in [0.2, 0.25) is 5.02 Å². The highest BCUT2D eigenvalue weighted by Gasteiger charge is 2.10. The number of halogens is 1. The van der Waals surface area contributed by atoms with Crippen LogP contribution in [0.25, 0.3) is 0 Å². The number of hydrogen-bond acceptors (Lipinski definition) is 3. The van der Waals surface area contributed by atoms with Crippen molar-refractivity contribution >= 4 is 34.8 Å². The van der Waals surface area contributed by atoms with E-state index in [9.17, 15) is 4.79 Å². The monoisotopic (exact) mass is 294 g/mol. The summed E-state index contributed by atoms with van der Waals surface area (Å²) in [5.74, 6) is -0.177. The van der Waals surface area contributed by atoms with E-state index in [1.54, 1.807) is 18.2 Å². The van der Waals surface area contributed by atoms with Gasteiger partial charge in [-0.1, -0.05) is 29.8 Å². The lowest BCUT2D eigenvalue weighted by Gasteiger charge is -2.09. The van der Waals surface area contributed by atoms with Gasteiger partial charge in [-0.2, -0.15) is 0 Å². The van der Waals surface area contributed by atoms with Crippen LogP contribution in [-0.2, 0) is 6.54 Å². The summed E-state index contributed by atoms with van der Waals surface area (Å²) in [5, 5.41) is 6.29. The number of carbonyl (C=O) groups excluding carboxylic acids is 1. The largest absolute Gasteiger partial charge is 0.459 e. The molecule has 0 unspecified atom stereocenters. The summed E-state index contributed by atoms with van der Waals surface area (Å²) in [4.78, 5) is 11.6. The Morgan fingerprint density at radius 1 is 1.26 bits per heavy atom.